The Labute approximate surface area is 148 Å². The second kappa shape index (κ2) is 13.6. The van der Waals surface area contributed by atoms with Gasteiger partial charge in [0, 0.05) is 45.4 Å². The van der Waals surface area contributed by atoms with Crippen LogP contribution in [-0.4, -0.2) is 51.4 Å². The fourth-order valence-electron chi connectivity index (χ4n) is 1.54. The molecule has 0 aliphatic heterocycles. The van der Waals surface area contributed by atoms with Crippen LogP contribution < -0.4 is 16.0 Å². The predicted molar refractivity (Wildman–Crippen MR) is 103 cm³/mol. The zero-order valence-electron chi connectivity index (χ0n) is 14.6. The minimum atomic E-state index is 0. The normalized spacial score (nSPS) is 12.2. The molecule has 0 rings (SSSR count). The van der Waals surface area contributed by atoms with E-state index in [0.29, 0.717) is 5.92 Å². The van der Waals surface area contributed by atoms with Crippen LogP contribution in [0.3, 0.4) is 0 Å². The first-order valence-corrected chi connectivity index (χ1v) is 7.62. The highest BCUT2D eigenvalue weighted by Crippen LogP contribution is 1.96. The Kier molecular flexibility index (Phi) is 15.0. The van der Waals surface area contributed by atoms with E-state index in [1.807, 2.05) is 0 Å². The van der Waals surface area contributed by atoms with Gasteiger partial charge in [0.1, 0.15) is 0 Å². The Balaban J connectivity index is 0. The topological polar surface area (TPSA) is 57.7 Å². The van der Waals surface area contributed by atoms with Crippen LogP contribution in [0, 0.1) is 5.92 Å². The van der Waals surface area contributed by atoms with E-state index in [1.54, 1.807) is 7.05 Å². The summed E-state index contributed by atoms with van der Waals surface area (Å²) in [4.78, 5) is 4.19. The van der Waals surface area contributed by atoms with Crippen molar-refractivity contribution in [3.63, 3.8) is 0 Å². The number of hydrogen-bond acceptors (Lipinski definition) is 3. The van der Waals surface area contributed by atoms with Crippen LogP contribution in [0.2, 0.25) is 0 Å². The van der Waals surface area contributed by atoms with Crippen molar-refractivity contribution in [2.24, 2.45) is 10.9 Å². The summed E-state index contributed by atoms with van der Waals surface area (Å²) in [5.41, 5.74) is 0.159. The Morgan fingerprint density at radius 3 is 2.24 bits per heavy atom. The van der Waals surface area contributed by atoms with Crippen LogP contribution >= 0.6 is 24.0 Å². The number of rotatable bonds is 9. The fourth-order valence-corrected chi connectivity index (χ4v) is 1.54. The SMILES string of the molecule is CN=C(NCCCOCC(C)C)NCCNC(C)(C)C.I. The standard InChI is InChI=1S/C15H34N4O.HI/c1-13(2)12-20-11-7-8-17-14(16-6)18-9-10-19-15(3,4)5;/h13,19H,7-12H2,1-6H3,(H2,16,17,18);1H. The first-order chi connectivity index (χ1) is 9.35. The molecular formula is C15H35IN4O. The highest BCUT2D eigenvalue weighted by atomic mass is 127. The van der Waals surface area contributed by atoms with Crippen LogP contribution in [-0.2, 0) is 4.74 Å². The first kappa shape index (κ1) is 23.2. The summed E-state index contributed by atoms with van der Waals surface area (Å²) in [6.07, 6.45) is 0.994. The van der Waals surface area contributed by atoms with Crippen molar-refractivity contribution in [1.29, 1.82) is 0 Å². The van der Waals surface area contributed by atoms with E-state index in [9.17, 15) is 0 Å². The Morgan fingerprint density at radius 2 is 1.71 bits per heavy atom. The Morgan fingerprint density at radius 1 is 1.10 bits per heavy atom. The van der Waals surface area contributed by atoms with E-state index in [2.05, 4.69) is 55.6 Å². The number of nitrogens with zero attached hydrogens (tertiary/aromatic N) is 1. The fraction of sp³-hybridized carbons (Fsp3) is 0.933. The lowest BCUT2D eigenvalue weighted by molar-refractivity contribution is 0.108. The maximum absolute atomic E-state index is 5.54. The molecule has 0 spiro atoms. The minimum absolute atomic E-state index is 0. The molecule has 0 unspecified atom stereocenters. The van der Waals surface area contributed by atoms with Gasteiger partial charge >= 0.3 is 0 Å². The average molecular weight is 414 g/mol. The van der Waals surface area contributed by atoms with Crippen molar-refractivity contribution >= 4 is 29.9 Å². The van der Waals surface area contributed by atoms with Gasteiger partial charge in [0.2, 0.25) is 0 Å². The van der Waals surface area contributed by atoms with E-state index < -0.39 is 0 Å². The molecular weight excluding hydrogens is 379 g/mol. The van der Waals surface area contributed by atoms with Gasteiger partial charge in [0.25, 0.3) is 0 Å². The molecule has 0 aliphatic rings. The number of aliphatic imine (C=N–C) groups is 1. The molecule has 0 radical (unpaired) electrons. The number of halogens is 1. The summed E-state index contributed by atoms with van der Waals surface area (Å²) < 4.78 is 5.54. The molecule has 0 aromatic carbocycles. The molecule has 0 aromatic rings. The highest BCUT2D eigenvalue weighted by molar-refractivity contribution is 14.0. The zero-order chi connectivity index (χ0) is 15.4. The van der Waals surface area contributed by atoms with E-state index in [0.717, 1.165) is 45.2 Å². The Bertz CT molecular complexity index is 265. The largest absolute Gasteiger partial charge is 0.381 e. The van der Waals surface area contributed by atoms with Gasteiger partial charge in [-0.3, -0.25) is 4.99 Å². The molecule has 21 heavy (non-hydrogen) atoms. The average Bonchev–Trinajstić information content (AvgIpc) is 2.34. The van der Waals surface area contributed by atoms with Crippen molar-refractivity contribution in [2.75, 3.05) is 39.9 Å². The van der Waals surface area contributed by atoms with Crippen molar-refractivity contribution in [2.45, 2.75) is 46.6 Å². The highest BCUT2D eigenvalue weighted by Gasteiger charge is 2.07. The molecule has 0 saturated carbocycles. The van der Waals surface area contributed by atoms with Gasteiger partial charge in [-0.05, 0) is 33.1 Å². The zero-order valence-corrected chi connectivity index (χ0v) is 16.9. The van der Waals surface area contributed by atoms with Gasteiger partial charge in [-0.1, -0.05) is 13.8 Å². The van der Waals surface area contributed by atoms with E-state index in [-0.39, 0.29) is 29.5 Å². The van der Waals surface area contributed by atoms with Gasteiger partial charge < -0.3 is 20.7 Å². The van der Waals surface area contributed by atoms with E-state index in [1.165, 1.54) is 0 Å². The minimum Gasteiger partial charge on any atom is -0.381 e. The molecule has 0 aliphatic carbocycles. The van der Waals surface area contributed by atoms with Crippen molar-refractivity contribution in [3.8, 4) is 0 Å². The Hall–Kier alpha value is -0.0800. The van der Waals surface area contributed by atoms with Crippen molar-refractivity contribution in [1.82, 2.24) is 16.0 Å². The van der Waals surface area contributed by atoms with E-state index in [4.69, 9.17) is 4.74 Å². The monoisotopic (exact) mass is 414 g/mol. The summed E-state index contributed by atoms with van der Waals surface area (Å²) in [5.74, 6) is 1.46. The summed E-state index contributed by atoms with van der Waals surface area (Å²) in [5, 5.41) is 10.0. The molecule has 6 heteroatoms. The van der Waals surface area contributed by atoms with Crippen LogP contribution in [0.15, 0.2) is 4.99 Å². The second-order valence-electron chi connectivity index (χ2n) is 6.42. The van der Waals surface area contributed by atoms with Crippen LogP contribution in [0.5, 0.6) is 0 Å². The van der Waals surface area contributed by atoms with Gasteiger partial charge in [-0.2, -0.15) is 0 Å². The third-order valence-corrected chi connectivity index (χ3v) is 2.51. The van der Waals surface area contributed by atoms with Gasteiger partial charge in [-0.25, -0.2) is 0 Å². The summed E-state index contributed by atoms with van der Waals surface area (Å²) in [6, 6.07) is 0. The third kappa shape index (κ3) is 17.9. The smallest absolute Gasteiger partial charge is 0.191 e. The molecule has 0 atom stereocenters. The molecule has 0 heterocycles. The molecule has 0 amide bonds. The third-order valence-electron chi connectivity index (χ3n) is 2.51. The maximum atomic E-state index is 5.54. The molecule has 0 saturated heterocycles. The van der Waals surface area contributed by atoms with Crippen LogP contribution in [0.4, 0.5) is 0 Å². The van der Waals surface area contributed by atoms with Gasteiger partial charge in [0.15, 0.2) is 5.96 Å². The predicted octanol–water partition coefficient (Wildman–Crippen LogP) is 2.22. The van der Waals surface area contributed by atoms with Crippen LogP contribution in [0.1, 0.15) is 41.0 Å². The number of guanidine groups is 1. The first-order valence-electron chi connectivity index (χ1n) is 7.62. The molecule has 3 N–H and O–H groups in total. The van der Waals surface area contributed by atoms with Crippen molar-refractivity contribution in [3.05, 3.63) is 0 Å². The number of hydrogen-bond donors (Lipinski definition) is 3. The summed E-state index contributed by atoms with van der Waals surface area (Å²) in [6.45, 7) is 15.1. The van der Waals surface area contributed by atoms with Crippen molar-refractivity contribution < 1.29 is 4.74 Å². The summed E-state index contributed by atoms with van der Waals surface area (Å²) >= 11 is 0. The molecule has 0 fully saturated rings. The number of ether oxygens (including phenoxy) is 1. The van der Waals surface area contributed by atoms with Gasteiger partial charge in [-0.15, -0.1) is 24.0 Å². The number of nitrogens with one attached hydrogen (secondary N) is 3. The molecule has 0 bridgehead atoms. The quantitative estimate of drug-likeness (QED) is 0.234. The molecule has 5 nitrogen and oxygen atoms in total. The van der Waals surface area contributed by atoms with E-state index >= 15 is 0 Å². The lowest BCUT2D eigenvalue weighted by Crippen LogP contribution is -2.44. The molecule has 128 valence electrons. The lowest BCUT2D eigenvalue weighted by Gasteiger charge is -2.21. The maximum Gasteiger partial charge on any atom is 0.191 e. The second-order valence-corrected chi connectivity index (χ2v) is 6.42. The summed E-state index contributed by atoms with van der Waals surface area (Å²) in [7, 11) is 1.79. The molecule has 0 aromatic heterocycles. The van der Waals surface area contributed by atoms with Gasteiger partial charge in [0.05, 0.1) is 0 Å². The van der Waals surface area contributed by atoms with Crippen LogP contribution in [0.25, 0.3) is 0 Å². The lowest BCUT2D eigenvalue weighted by atomic mass is 10.1.